The lowest BCUT2D eigenvalue weighted by Crippen LogP contribution is -2.27. The molecule has 8 heteroatoms. The van der Waals surface area contributed by atoms with Crippen LogP contribution in [-0.2, 0) is 4.79 Å². The molecule has 0 fully saturated rings. The monoisotopic (exact) mass is 343 g/mol. The van der Waals surface area contributed by atoms with Gasteiger partial charge in [0.25, 0.3) is 11.2 Å². The van der Waals surface area contributed by atoms with Gasteiger partial charge in [-0.25, -0.2) is 4.98 Å². The molecule has 3 rings (SSSR count). The number of carbonyl (C=O) groups excluding carboxylic acids is 1. The highest BCUT2D eigenvalue weighted by atomic mass is 32.1. The van der Waals surface area contributed by atoms with Gasteiger partial charge in [0.15, 0.2) is 5.78 Å². The molecule has 0 unspecified atom stereocenters. The van der Waals surface area contributed by atoms with E-state index in [0.717, 1.165) is 0 Å². The molecule has 24 heavy (non-hydrogen) atoms. The lowest BCUT2D eigenvalue weighted by molar-refractivity contribution is -0.384. The number of hydrogen-bond donors (Lipinski definition) is 0. The van der Waals surface area contributed by atoms with Gasteiger partial charge in [0, 0.05) is 23.1 Å². The second-order valence-electron chi connectivity index (χ2n) is 5.38. The number of carbonyl (C=O) groups is 1. The molecule has 7 nitrogen and oxygen atoms in total. The molecular formula is C16H13N3O4S. The van der Waals surface area contributed by atoms with Crippen molar-refractivity contribution in [2.75, 3.05) is 0 Å². The Morgan fingerprint density at radius 3 is 2.83 bits per heavy atom. The summed E-state index contributed by atoms with van der Waals surface area (Å²) < 4.78 is 1.29. The molecule has 0 bridgehead atoms. The highest BCUT2D eigenvalue weighted by Gasteiger charge is 2.18. The zero-order valence-corrected chi connectivity index (χ0v) is 13.7. The van der Waals surface area contributed by atoms with E-state index in [1.807, 2.05) is 0 Å². The molecule has 0 radical (unpaired) electrons. The number of rotatable bonds is 4. The van der Waals surface area contributed by atoms with Crippen molar-refractivity contribution in [3.8, 4) is 11.1 Å². The van der Waals surface area contributed by atoms with E-state index < -0.39 is 11.0 Å². The second kappa shape index (κ2) is 5.97. The van der Waals surface area contributed by atoms with Crippen LogP contribution in [0.4, 0.5) is 5.69 Å². The van der Waals surface area contributed by atoms with Gasteiger partial charge in [-0.1, -0.05) is 12.1 Å². The molecule has 1 atom stereocenters. The average Bonchev–Trinajstić information content (AvgIpc) is 2.99. The molecule has 0 saturated heterocycles. The van der Waals surface area contributed by atoms with Gasteiger partial charge in [-0.05, 0) is 19.4 Å². The van der Waals surface area contributed by atoms with Crippen LogP contribution in [0.15, 0.2) is 40.8 Å². The molecule has 1 aromatic carbocycles. The molecule has 0 saturated carbocycles. The minimum atomic E-state index is -0.618. The van der Waals surface area contributed by atoms with Crippen molar-refractivity contribution in [2.45, 2.75) is 19.9 Å². The first-order valence-corrected chi connectivity index (χ1v) is 8.01. The fourth-order valence-corrected chi connectivity index (χ4v) is 3.32. The quantitative estimate of drug-likeness (QED) is 0.535. The van der Waals surface area contributed by atoms with E-state index in [-0.39, 0.29) is 17.0 Å². The first-order valence-electron chi connectivity index (χ1n) is 7.13. The van der Waals surface area contributed by atoms with E-state index in [0.29, 0.717) is 21.3 Å². The summed E-state index contributed by atoms with van der Waals surface area (Å²) >= 11 is 1.29. The van der Waals surface area contributed by atoms with E-state index in [2.05, 4.69) is 4.98 Å². The van der Waals surface area contributed by atoms with Crippen molar-refractivity contribution in [3.63, 3.8) is 0 Å². The smallest absolute Gasteiger partial charge is 0.270 e. The fraction of sp³-hybridized carbons (Fsp3) is 0.188. The molecule has 3 aromatic rings. The van der Waals surface area contributed by atoms with Crippen molar-refractivity contribution >= 4 is 33.0 Å². The largest absolute Gasteiger partial charge is 0.298 e. The molecule has 0 N–H and O–H groups in total. The summed E-state index contributed by atoms with van der Waals surface area (Å²) in [7, 11) is 0. The summed E-state index contributed by atoms with van der Waals surface area (Å²) in [6.07, 6.45) is 1.37. The van der Waals surface area contributed by atoms with Crippen LogP contribution in [0.3, 0.4) is 0 Å². The molecular weight excluding hydrogens is 330 g/mol. The molecule has 0 spiro atoms. The normalized spacial score (nSPS) is 12.2. The van der Waals surface area contributed by atoms with Crippen molar-refractivity contribution in [1.82, 2.24) is 9.55 Å². The van der Waals surface area contributed by atoms with Gasteiger partial charge in [0.2, 0.25) is 0 Å². The first kappa shape index (κ1) is 16.0. The Hall–Kier alpha value is -2.87. The fourth-order valence-electron chi connectivity index (χ4n) is 2.42. The molecule has 0 aliphatic carbocycles. The third-order valence-corrected chi connectivity index (χ3v) is 4.78. The van der Waals surface area contributed by atoms with Crippen LogP contribution in [-0.4, -0.2) is 20.3 Å². The molecule has 0 amide bonds. The van der Waals surface area contributed by atoms with E-state index in [1.54, 1.807) is 24.4 Å². The molecule has 2 heterocycles. The third-order valence-electron chi connectivity index (χ3n) is 3.89. The van der Waals surface area contributed by atoms with Crippen molar-refractivity contribution < 1.29 is 9.72 Å². The number of non-ortho nitro benzene ring substituents is 1. The van der Waals surface area contributed by atoms with Gasteiger partial charge in [0.05, 0.1) is 22.7 Å². The summed E-state index contributed by atoms with van der Waals surface area (Å²) in [5, 5.41) is 13.1. The van der Waals surface area contributed by atoms with E-state index in [9.17, 15) is 19.7 Å². The number of nitro benzene ring substituents is 1. The van der Waals surface area contributed by atoms with E-state index in [1.165, 1.54) is 41.3 Å². The Morgan fingerprint density at radius 1 is 1.42 bits per heavy atom. The van der Waals surface area contributed by atoms with Crippen LogP contribution in [0.1, 0.15) is 19.9 Å². The maximum absolute atomic E-state index is 12.8. The van der Waals surface area contributed by atoms with Gasteiger partial charge in [-0.2, -0.15) is 0 Å². The van der Waals surface area contributed by atoms with Gasteiger partial charge in [-0.15, -0.1) is 11.3 Å². The van der Waals surface area contributed by atoms with E-state index in [4.69, 9.17) is 0 Å². The number of benzene rings is 1. The van der Waals surface area contributed by atoms with Crippen LogP contribution in [0.2, 0.25) is 0 Å². The minimum Gasteiger partial charge on any atom is -0.298 e. The van der Waals surface area contributed by atoms with Crippen LogP contribution >= 0.6 is 11.3 Å². The Bertz CT molecular complexity index is 1020. The third kappa shape index (κ3) is 2.61. The summed E-state index contributed by atoms with van der Waals surface area (Å²) in [4.78, 5) is 39.6. The Labute approximate surface area is 140 Å². The number of thiophene rings is 1. The Balaban J connectivity index is 2.25. The number of hydrogen-bond acceptors (Lipinski definition) is 6. The minimum absolute atomic E-state index is 0.0480. The number of Topliss-reactive ketones (excluding diaryl/α,β-unsaturated/α-hetero) is 1. The molecule has 0 aliphatic rings. The highest BCUT2D eigenvalue weighted by Crippen LogP contribution is 2.32. The summed E-state index contributed by atoms with van der Waals surface area (Å²) in [6.45, 7) is 3.05. The number of fused-ring (bicyclic) bond motifs is 1. The number of ketones is 1. The Morgan fingerprint density at radius 2 is 2.17 bits per heavy atom. The van der Waals surface area contributed by atoms with Crippen LogP contribution < -0.4 is 5.56 Å². The predicted octanol–water partition coefficient (Wildman–Crippen LogP) is 3.18. The predicted molar refractivity (Wildman–Crippen MR) is 91.4 cm³/mol. The maximum Gasteiger partial charge on any atom is 0.270 e. The van der Waals surface area contributed by atoms with Crippen LogP contribution in [0.25, 0.3) is 21.3 Å². The lowest BCUT2D eigenvalue weighted by atomic mass is 10.1. The summed E-state index contributed by atoms with van der Waals surface area (Å²) in [6, 6.07) is 5.48. The molecule has 122 valence electrons. The van der Waals surface area contributed by atoms with Crippen molar-refractivity contribution in [3.05, 3.63) is 56.4 Å². The standard InChI is InChI=1S/C16H13N3O4S/c1-9(10(2)20)18-8-17-15-14(16(18)21)13(7-24-15)11-4-3-5-12(6-11)19(22)23/h3-9H,1-2H3/t9-/m0/s1. The zero-order valence-electron chi connectivity index (χ0n) is 12.9. The van der Waals surface area contributed by atoms with E-state index >= 15 is 0 Å². The maximum atomic E-state index is 12.8. The summed E-state index contributed by atoms with van der Waals surface area (Å²) in [5.41, 5.74) is 0.780. The van der Waals surface area contributed by atoms with Gasteiger partial charge < -0.3 is 0 Å². The highest BCUT2D eigenvalue weighted by molar-refractivity contribution is 7.17. The second-order valence-corrected chi connectivity index (χ2v) is 6.24. The SMILES string of the molecule is CC(=O)[C@H](C)n1cnc2scc(-c3cccc([N+](=O)[O-])c3)c2c1=O. The lowest BCUT2D eigenvalue weighted by Gasteiger charge is -2.11. The number of nitro groups is 1. The van der Waals surface area contributed by atoms with Gasteiger partial charge in [0.1, 0.15) is 4.83 Å². The molecule has 2 aromatic heterocycles. The summed E-state index contributed by atoms with van der Waals surface area (Å²) in [5.74, 6) is -0.148. The first-order chi connectivity index (χ1) is 11.4. The Kier molecular flexibility index (Phi) is 3.98. The van der Waals surface area contributed by atoms with Gasteiger partial charge >= 0.3 is 0 Å². The van der Waals surface area contributed by atoms with Crippen LogP contribution in [0.5, 0.6) is 0 Å². The van der Waals surface area contributed by atoms with Crippen LogP contribution in [0, 0.1) is 10.1 Å². The number of aromatic nitrogens is 2. The number of nitrogens with zero attached hydrogens (tertiary/aromatic N) is 3. The van der Waals surface area contributed by atoms with Crippen molar-refractivity contribution in [1.29, 1.82) is 0 Å². The topological polar surface area (TPSA) is 95.1 Å². The van der Waals surface area contributed by atoms with Crippen molar-refractivity contribution in [2.24, 2.45) is 0 Å². The average molecular weight is 343 g/mol. The zero-order chi connectivity index (χ0) is 17.4. The molecule has 0 aliphatic heterocycles. The van der Waals surface area contributed by atoms with Gasteiger partial charge in [-0.3, -0.25) is 24.3 Å².